The maximum atomic E-state index is 5.22. The number of benzene rings is 9. The van der Waals surface area contributed by atoms with E-state index in [0.29, 0.717) is 5.82 Å². The summed E-state index contributed by atoms with van der Waals surface area (Å²) in [5, 5.41) is 7.30. The molecule has 3 heterocycles. The van der Waals surface area contributed by atoms with Crippen molar-refractivity contribution in [1.82, 2.24) is 19.1 Å². The molecule has 0 bridgehead atoms. The summed E-state index contributed by atoms with van der Waals surface area (Å²) >= 11 is 0. The maximum absolute atomic E-state index is 5.22. The Morgan fingerprint density at radius 1 is 0.283 bits per heavy atom. The molecule has 0 atom stereocenters. The molecule has 12 rings (SSSR count). The van der Waals surface area contributed by atoms with Crippen molar-refractivity contribution in [1.29, 1.82) is 0 Å². The summed E-state index contributed by atoms with van der Waals surface area (Å²) < 4.78 is 4.82. The van der Waals surface area contributed by atoms with Crippen LogP contribution in [-0.2, 0) is 0 Å². The summed E-state index contributed by atoms with van der Waals surface area (Å²) in [5.41, 5.74) is 14.2. The highest BCUT2D eigenvalue weighted by Crippen LogP contribution is 2.42. The summed E-state index contributed by atoms with van der Waals surface area (Å²) in [6.45, 7) is 0. The first-order chi connectivity index (χ1) is 29.7. The highest BCUT2D eigenvalue weighted by atomic mass is 15.0. The lowest BCUT2D eigenvalue weighted by Gasteiger charge is -2.12. The zero-order valence-corrected chi connectivity index (χ0v) is 32.6. The van der Waals surface area contributed by atoms with Gasteiger partial charge >= 0.3 is 0 Å². The summed E-state index contributed by atoms with van der Waals surface area (Å²) in [6, 6.07) is 77.9. The Hall–Kier alpha value is -8.08. The largest absolute Gasteiger partial charge is 0.309 e. The van der Waals surface area contributed by atoms with Crippen LogP contribution in [0.4, 0.5) is 0 Å². The second-order valence-corrected chi connectivity index (χ2v) is 15.4. The summed E-state index contributed by atoms with van der Waals surface area (Å²) in [6.07, 6.45) is 0. The zero-order valence-electron chi connectivity index (χ0n) is 32.6. The Bertz CT molecular complexity index is 3570. The van der Waals surface area contributed by atoms with Gasteiger partial charge in [-0.1, -0.05) is 158 Å². The highest BCUT2D eigenvalue weighted by Gasteiger charge is 2.21. The van der Waals surface area contributed by atoms with Gasteiger partial charge < -0.3 is 9.13 Å². The Morgan fingerprint density at radius 3 is 1.38 bits per heavy atom. The molecule has 0 amide bonds. The van der Waals surface area contributed by atoms with Crippen LogP contribution >= 0.6 is 0 Å². The first-order valence-electron chi connectivity index (χ1n) is 20.4. The molecule has 280 valence electrons. The predicted octanol–water partition coefficient (Wildman–Crippen LogP) is 14.5. The van der Waals surface area contributed by atoms with Crippen molar-refractivity contribution in [3.63, 3.8) is 0 Å². The van der Waals surface area contributed by atoms with Gasteiger partial charge in [-0.25, -0.2) is 9.97 Å². The van der Waals surface area contributed by atoms with Crippen molar-refractivity contribution in [2.45, 2.75) is 0 Å². The van der Waals surface area contributed by atoms with Gasteiger partial charge in [0.15, 0.2) is 5.82 Å². The van der Waals surface area contributed by atoms with Crippen LogP contribution in [0.3, 0.4) is 0 Å². The summed E-state index contributed by atoms with van der Waals surface area (Å²) in [5.74, 6) is 0.694. The molecule has 0 aliphatic heterocycles. The van der Waals surface area contributed by atoms with Crippen molar-refractivity contribution >= 4 is 54.4 Å². The molecule has 4 nitrogen and oxygen atoms in total. The minimum atomic E-state index is 0.694. The van der Waals surface area contributed by atoms with Crippen LogP contribution in [0.5, 0.6) is 0 Å². The third-order valence-electron chi connectivity index (χ3n) is 11.9. The average Bonchev–Trinajstić information content (AvgIpc) is 3.85. The van der Waals surface area contributed by atoms with Crippen LogP contribution in [0.25, 0.3) is 111 Å². The Labute approximate surface area is 346 Å². The smallest absolute Gasteiger partial charge is 0.160 e. The average molecular weight is 765 g/mol. The lowest BCUT2D eigenvalue weighted by molar-refractivity contribution is 1.17. The molecule has 0 aliphatic carbocycles. The van der Waals surface area contributed by atoms with E-state index in [2.05, 4.69) is 215 Å². The van der Waals surface area contributed by atoms with Crippen LogP contribution in [-0.4, -0.2) is 19.1 Å². The van der Waals surface area contributed by atoms with E-state index < -0.39 is 0 Å². The summed E-state index contributed by atoms with van der Waals surface area (Å²) in [7, 11) is 0. The van der Waals surface area contributed by atoms with Gasteiger partial charge in [0.1, 0.15) is 0 Å². The Balaban J connectivity index is 1.02. The van der Waals surface area contributed by atoms with E-state index in [1.54, 1.807) is 0 Å². The lowest BCUT2D eigenvalue weighted by Crippen LogP contribution is -1.97. The van der Waals surface area contributed by atoms with Crippen molar-refractivity contribution in [3.8, 4) is 56.4 Å². The van der Waals surface area contributed by atoms with Gasteiger partial charge in [-0.2, -0.15) is 0 Å². The molecule has 0 saturated carbocycles. The molecule has 0 fully saturated rings. The van der Waals surface area contributed by atoms with E-state index in [4.69, 9.17) is 9.97 Å². The van der Waals surface area contributed by atoms with E-state index in [1.165, 1.54) is 54.7 Å². The van der Waals surface area contributed by atoms with E-state index >= 15 is 0 Å². The van der Waals surface area contributed by atoms with Gasteiger partial charge in [0, 0.05) is 49.6 Å². The quantitative estimate of drug-likeness (QED) is 0.169. The molecule has 9 aromatic carbocycles. The lowest BCUT2D eigenvalue weighted by atomic mass is 10.0. The van der Waals surface area contributed by atoms with Gasteiger partial charge in [-0.15, -0.1) is 0 Å². The fourth-order valence-electron chi connectivity index (χ4n) is 9.11. The first-order valence-corrected chi connectivity index (χ1v) is 20.4. The fraction of sp³-hybridized carbons (Fsp3) is 0. The molecule has 4 heteroatoms. The number of rotatable bonds is 6. The molecule has 12 aromatic rings. The maximum Gasteiger partial charge on any atom is 0.160 e. The SMILES string of the molecule is c1ccc(-c2ccc(-c3cc(-c4ccccc4)nc(-c4ccc5ccc(-n6c7ccccc7c7c8c9ccccc9n(-c9ccccc9)c8ccc76)cc5c4)n3)cc2)cc1. The molecule has 0 saturated heterocycles. The van der Waals surface area contributed by atoms with Gasteiger partial charge in [-0.3, -0.25) is 0 Å². The fourth-order valence-corrected chi connectivity index (χ4v) is 9.11. The van der Waals surface area contributed by atoms with Crippen LogP contribution < -0.4 is 0 Å². The topological polar surface area (TPSA) is 35.6 Å². The first kappa shape index (κ1) is 34.0. The molecule has 0 unspecified atom stereocenters. The molecular formula is C56H36N4. The highest BCUT2D eigenvalue weighted by molar-refractivity contribution is 6.29. The molecule has 0 radical (unpaired) electrons. The molecule has 60 heavy (non-hydrogen) atoms. The van der Waals surface area contributed by atoms with Crippen molar-refractivity contribution in [3.05, 3.63) is 218 Å². The van der Waals surface area contributed by atoms with Crippen molar-refractivity contribution < 1.29 is 0 Å². The van der Waals surface area contributed by atoms with Crippen LogP contribution in [0.2, 0.25) is 0 Å². The second kappa shape index (κ2) is 13.8. The van der Waals surface area contributed by atoms with Gasteiger partial charge in [0.25, 0.3) is 0 Å². The van der Waals surface area contributed by atoms with Crippen LogP contribution in [0, 0.1) is 0 Å². The van der Waals surface area contributed by atoms with E-state index in [-0.39, 0.29) is 0 Å². The Kier molecular flexibility index (Phi) is 7.82. The normalized spacial score (nSPS) is 11.7. The number of hydrogen-bond donors (Lipinski definition) is 0. The molecule has 0 N–H and O–H groups in total. The molecule has 3 aromatic heterocycles. The number of para-hydroxylation sites is 3. The predicted molar refractivity (Wildman–Crippen MR) is 250 cm³/mol. The van der Waals surface area contributed by atoms with Gasteiger partial charge in [0.05, 0.1) is 33.5 Å². The van der Waals surface area contributed by atoms with Gasteiger partial charge in [0.2, 0.25) is 0 Å². The summed E-state index contributed by atoms with van der Waals surface area (Å²) in [4.78, 5) is 10.4. The van der Waals surface area contributed by atoms with Crippen LogP contribution in [0.1, 0.15) is 0 Å². The third kappa shape index (κ3) is 5.53. The van der Waals surface area contributed by atoms with Crippen molar-refractivity contribution in [2.75, 3.05) is 0 Å². The Morgan fingerprint density at radius 2 is 0.750 bits per heavy atom. The second-order valence-electron chi connectivity index (χ2n) is 15.4. The minimum Gasteiger partial charge on any atom is -0.309 e. The number of fused-ring (bicyclic) bond motifs is 8. The van der Waals surface area contributed by atoms with Gasteiger partial charge in [-0.05, 0) is 82.6 Å². The van der Waals surface area contributed by atoms with E-state index in [0.717, 1.165) is 50.2 Å². The molecule has 0 spiro atoms. The van der Waals surface area contributed by atoms with Crippen molar-refractivity contribution in [2.24, 2.45) is 0 Å². The molecular weight excluding hydrogens is 729 g/mol. The van der Waals surface area contributed by atoms with E-state index in [9.17, 15) is 0 Å². The zero-order chi connectivity index (χ0) is 39.6. The monoisotopic (exact) mass is 764 g/mol. The molecule has 0 aliphatic rings. The number of nitrogens with zero attached hydrogens (tertiary/aromatic N) is 4. The minimum absolute atomic E-state index is 0.694. The standard InChI is InChI=1S/C56H36N4/c1-4-14-37(15-5-1)38-24-27-41(28-25-38)49-36-48(40-16-6-2-7-17-40)57-56(58-49)42-29-26-39-30-31-45(35-43(39)34-42)60-51-23-13-11-21-47(51)55-53(60)33-32-52-54(55)46-20-10-12-22-50(46)59(52)44-18-8-3-9-19-44/h1-36H. The number of hydrogen-bond acceptors (Lipinski definition) is 2. The van der Waals surface area contributed by atoms with Crippen LogP contribution in [0.15, 0.2) is 218 Å². The third-order valence-corrected chi connectivity index (χ3v) is 11.9. The number of aromatic nitrogens is 4. The van der Waals surface area contributed by atoms with E-state index in [1.807, 2.05) is 12.1 Å².